The minimum absolute atomic E-state index is 1.18. The molecule has 1 aliphatic carbocycles. The maximum absolute atomic E-state index is 2.38. The molecule has 2 atom stereocenters. The van der Waals surface area contributed by atoms with E-state index in [1.54, 1.807) is 6.42 Å². The Morgan fingerprint density at radius 3 is 1.83 bits per heavy atom. The van der Waals surface area contributed by atoms with E-state index in [4.69, 9.17) is 0 Å². The van der Waals surface area contributed by atoms with Gasteiger partial charge in [0.1, 0.15) is 0 Å². The number of nitrogens with zero attached hydrogens (tertiary/aromatic N) is 1. The van der Waals surface area contributed by atoms with Crippen LogP contribution in [-0.4, -0.2) is 29.7 Å². The molecule has 1 heteroatoms. The minimum atomic E-state index is 1.18. The predicted octanol–water partition coefficient (Wildman–Crippen LogP) is -0.0303. The summed E-state index contributed by atoms with van der Waals surface area (Å²) in [4.78, 5) is 0. The molecule has 0 spiro atoms. The molecule has 4 fully saturated rings. The van der Waals surface area contributed by atoms with Gasteiger partial charge in [0, 0.05) is 0 Å². The zero-order valence-electron chi connectivity index (χ0n) is 3.89. The number of likely N-dealkylation sites (N-methyl/N-ethyl adjacent to an activating group) is 1. The smallest absolute Gasteiger partial charge is 0.195 e. The van der Waals surface area contributed by atoms with E-state index in [0.29, 0.717) is 0 Å². The highest BCUT2D eigenvalue weighted by atomic mass is 15.7. The first-order valence-electron chi connectivity index (χ1n) is 2.70. The Balaban J connectivity index is 2.26. The van der Waals surface area contributed by atoms with Crippen LogP contribution in [0.4, 0.5) is 0 Å². The second-order valence-corrected chi connectivity index (χ2v) is 3.08. The summed E-state index contributed by atoms with van der Waals surface area (Å²) >= 11 is 0. The molecule has 0 amide bonds. The Bertz CT molecular complexity index is 110. The molecule has 0 N–H and O–H groups in total. The van der Waals surface area contributed by atoms with Gasteiger partial charge in [-0.1, -0.05) is 0 Å². The van der Waals surface area contributed by atoms with Crippen LogP contribution < -0.4 is 0 Å². The summed E-state index contributed by atoms with van der Waals surface area (Å²) in [5.41, 5.74) is 0. The molecule has 1 saturated carbocycles. The maximum Gasteiger partial charge on any atom is 0.195 e. The molecule has 0 aromatic carbocycles. The monoisotopic (exact) mass is 82.1 g/mol. The molecule has 3 heterocycles. The van der Waals surface area contributed by atoms with Crippen molar-refractivity contribution in [3.8, 4) is 0 Å². The third-order valence-corrected chi connectivity index (χ3v) is 3.16. The van der Waals surface area contributed by atoms with Crippen molar-refractivity contribution >= 4 is 0 Å². The molecule has 0 radical (unpaired) electrons. The molecular formula is C5H8N+. The third-order valence-electron chi connectivity index (χ3n) is 3.16. The average molecular weight is 82.1 g/mol. The van der Waals surface area contributed by atoms with Crippen molar-refractivity contribution in [2.45, 2.75) is 24.5 Å². The van der Waals surface area contributed by atoms with Gasteiger partial charge in [-0.05, 0) is 0 Å². The van der Waals surface area contributed by atoms with Gasteiger partial charge in [-0.2, -0.15) is 0 Å². The molecule has 1 nitrogen and oxygen atoms in total. The summed E-state index contributed by atoms with van der Waals surface area (Å²) in [6.45, 7) is 0. The standard InChI is InChI=1S/C5H8N/c1-6-3-2-4(6)5(3)6/h3-5H,2H2,1H3/q+1. The Hall–Kier alpha value is -0.0400. The quantitative estimate of drug-likeness (QED) is 0.284. The van der Waals surface area contributed by atoms with Gasteiger partial charge in [-0.15, -0.1) is 0 Å². The molecule has 0 aromatic rings. The minimum Gasteiger partial charge on any atom is -0.298 e. The topological polar surface area (TPSA) is 0 Å². The molecule has 3 aliphatic heterocycles. The number of quaternary nitrogens is 1. The average Bonchev–Trinajstić information content (AvgIpc) is 1.75. The van der Waals surface area contributed by atoms with E-state index in [0.717, 1.165) is 0 Å². The van der Waals surface area contributed by atoms with Crippen LogP contribution >= 0.6 is 0 Å². The highest BCUT2D eigenvalue weighted by Gasteiger charge is 2.99. The fourth-order valence-corrected chi connectivity index (χ4v) is 2.20. The van der Waals surface area contributed by atoms with E-state index in [9.17, 15) is 0 Å². The van der Waals surface area contributed by atoms with Crippen LogP contribution in [-0.2, 0) is 0 Å². The highest BCUT2D eigenvalue weighted by Crippen LogP contribution is 2.74. The van der Waals surface area contributed by atoms with Crippen molar-refractivity contribution in [3.63, 3.8) is 0 Å². The lowest BCUT2D eigenvalue weighted by atomic mass is 9.92. The predicted molar refractivity (Wildman–Crippen MR) is 22.2 cm³/mol. The van der Waals surface area contributed by atoms with Gasteiger partial charge in [0.15, 0.2) is 18.1 Å². The van der Waals surface area contributed by atoms with Gasteiger partial charge in [-0.3, -0.25) is 4.48 Å². The Morgan fingerprint density at radius 1 is 1.50 bits per heavy atom. The fourth-order valence-electron chi connectivity index (χ4n) is 2.20. The lowest BCUT2D eigenvalue weighted by molar-refractivity contribution is -0.754. The first-order valence-corrected chi connectivity index (χ1v) is 2.70. The van der Waals surface area contributed by atoms with Crippen LogP contribution in [0.5, 0.6) is 0 Å². The van der Waals surface area contributed by atoms with Crippen LogP contribution in [0.1, 0.15) is 6.42 Å². The zero-order valence-corrected chi connectivity index (χ0v) is 3.89. The molecule has 2 bridgehead atoms. The van der Waals surface area contributed by atoms with E-state index in [2.05, 4.69) is 7.05 Å². The van der Waals surface area contributed by atoms with E-state index in [-0.39, 0.29) is 0 Å². The lowest BCUT2D eigenvalue weighted by Crippen LogP contribution is -2.41. The highest BCUT2D eigenvalue weighted by molar-refractivity contribution is 5.22. The van der Waals surface area contributed by atoms with Crippen LogP contribution in [0.25, 0.3) is 0 Å². The van der Waals surface area contributed by atoms with E-state index in [1.807, 2.05) is 0 Å². The SMILES string of the molecule is C[N+]12C3CC1C32. The van der Waals surface area contributed by atoms with Gasteiger partial charge in [-0.25, -0.2) is 0 Å². The molecule has 0 aromatic heterocycles. The van der Waals surface area contributed by atoms with Gasteiger partial charge in [0.05, 0.1) is 13.5 Å². The number of rotatable bonds is 0. The van der Waals surface area contributed by atoms with Crippen LogP contribution in [0.3, 0.4) is 0 Å². The van der Waals surface area contributed by atoms with Gasteiger partial charge in [0.2, 0.25) is 0 Å². The van der Waals surface area contributed by atoms with Crippen LogP contribution in [0, 0.1) is 0 Å². The van der Waals surface area contributed by atoms with E-state index >= 15 is 0 Å². The Morgan fingerprint density at radius 2 is 1.83 bits per heavy atom. The third kappa shape index (κ3) is 0.0515. The Kier molecular flexibility index (Phi) is 0.118. The van der Waals surface area contributed by atoms with Crippen molar-refractivity contribution in [1.82, 2.24) is 0 Å². The normalized spacial score (nSPS) is 90.5. The number of hydrogen-bond acceptors (Lipinski definition) is 0. The van der Waals surface area contributed by atoms with Gasteiger partial charge < -0.3 is 0 Å². The summed E-state index contributed by atoms with van der Waals surface area (Å²) in [5.74, 6) is 0. The van der Waals surface area contributed by atoms with Crippen molar-refractivity contribution in [3.05, 3.63) is 0 Å². The van der Waals surface area contributed by atoms with E-state index < -0.39 is 0 Å². The second kappa shape index (κ2) is 0.305. The van der Waals surface area contributed by atoms with Crippen LogP contribution in [0.2, 0.25) is 0 Å². The fraction of sp³-hybridized carbons (Fsp3) is 1.00. The molecular weight excluding hydrogens is 74.1 g/mol. The zero-order chi connectivity index (χ0) is 3.94. The second-order valence-electron chi connectivity index (χ2n) is 3.08. The van der Waals surface area contributed by atoms with Crippen molar-refractivity contribution in [2.75, 3.05) is 7.05 Å². The lowest BCUT2D eigenvalue weighted by Gasteiger charge is -2.21. The summed E-state index contributed by atoms with van der Waals surface area (Å²) in [6, 6.07) is 3.55. The Labute approximate surface area is 37.2 Å². The molecule has 4 rings (SSSR count). The molecule has 2 unspecified atom stereocenters. The summed E-state index contributed by atoms with van der Waals surface area (Å²) in [6.07, 6.45) is 1.57. The molecule has 3 saturated heterocycles. The van der Waals surface area contributed by atoms with E-state index in [1.165, 1.54) is 22.6 Å². The first-order chi connectivity index (χ1) is 2.85. The van der Waals surface area contributed by atoms with Gasteiger partial charge in [0.25, 0.3) is 0 Å². The van der Waals surface area contributed by atoms with Crippen molar-refractivity contribution in [1.29, 1.82) is 0 Å². The molecule has 4 aliphatic rings. The van der Waals surface area contributed by atoms with Gasteiger partial charge >= 0.3 is 0 Å². The van der Waals surface area contributed by atoms with Crippen molar-refractivity contribution < 1.29 is 4.48 Å². The number of hydrogen-bond donors (Lipinski definition) is 0. The summed E-state index contributed by atoms with van der Waals surface area (Å²) in [5, 5.41) is 0. The summed E-state index contributed by atoms with van der Waals surface area (Å²) in [7, 11) is 2.38. The first kappa shape index (κ1) is 2.31. The van der Waals surface area contributed by atoms with Crippen molar-refractivity contribution in [2.24, 2.45) is 0 Å². The maximum atomic E-state index is 2.38. The van der Waals surface area contributed by atoms with Crippen LogP contribution in [0.15, 0.2) is 0 Å². The molecule has 6 heavy (non-hydrogen) atoms. The largest absolute Gasteiger partial charge is 0.298 e. The molecule has 32 valence electrons. The summed E-state index contributed by atoms with van der Waals surface area (Å²) < 4.78 is 1.50.